The van der Waals surface area contributed by atoms with Crippen LogP contribution in [0.25, 0.3) is 10.8 Å². The van der Waals surface area contributed by atoms with Crippen molar-refractivity contribution >= 4 is 17.1 Å². The minimum Gasteiger partial charge on any atom is -0.298 e. The smallest absolute Gasteiger partial charge is 0.159 e. The van der Waals surface area contributed by atoms with Crippen molar-refractivity contribution in [1.82, 2.24) is 0 Å². The van der Waals surface area contributed by atoms with Crippen molar-refractivity contribution in [2.24, 2.45) is 0 Å². The molecule has 0 N–H and O–H groups in total. The van der Waals surface area contributed by atoms with Crippen LogP contribution in [0.4, 0.5) is 13.2 Å². The summed E-state index contributed by atoms with van der Waals surface area (Å²) in [5.41, 5.74) is 0.0889. The lowest BCUT2D eigenvalue weighted by molar-refractivity contribution is 0.112. The van der Waals surface area contributed by atoms with Gasteiger partial charge >= 0.3 is 0 Å². The van der Waals surface area contributed by atoms with Gasteiger partial charge in [0.2, 0.25) is 0 Å². The molecule has 0 radical (unpaired) electrons. The molecule has 0 bridgehead atoms. The quantitative estimate of drug-likeness (QED) is 0.661. The van der Waals surface area contributed by atoms with E-state index in [4.69, 9.17) is 0 Å². The zero-order valence-electron chi connectivity index (χ0n) is 7.43. The summed E-state index contributed by atoms with van der Waals surface area (Å²) >= 11 is 0. The highest BCUT2D eigenvalue weighted by atomic mass is 19.2. The highest BCUT2D eigenvalue weighted by molar-refractivity contribution is 5.89. The van der Waals surface area contributed by atoms with Crippen LogP contribution in [0.3, 0.4) is 0 Å². The summed E-state index contributed by atoms with van der Waals surface area (Å²) in [5, 5.41) is 0.121. The fraction of sp³-hybridized carbons (Fsp3) is 0. The van der Waals surface area contributed by atoms with Crippen LogP contribution < -0.4 is 0 Å². The molecule has 0 unspecified atom stereocenters. The zero-order chi connectivity index (χ0) is 11.0. The van der Waals surface area contributed by atoms with E-state index in [0.29, 0.717) is 6.29 Å². The minimum absolute atomic E-state index is 0.0421. The number of carbonyl (C=O) groups is 1. The van der Waals surface area contributed by atoms with Crippen molar-refractivity contribution in [2.45, 2.75) is 0 Å². The number of hydrogen-bond donors (Lipinski definition) is 0. The predicted octanol–water partition coefficient (Wildman–Crippen LogP) is 3.07. The Labute approximate surface area is 83.1 Å². The lowest BCUT2D eigenvalue weighted by Gasteiger charge is -2.02. The van der Waals surface area contributed by atoms with Crippen LogP contribution in [0.2, 0.25) is 0 Å². The summed E-state index contributed by atoms with van der Waals surface area (Å²) in [4.78, 5) is 10.4. The molecular formula is C11H5F3O. The SMILES string of the molecule is O=Cc1cc(F)c2cc(F)c(F)cc2c1. The third-order valence-corrected chi connectivity index (χ3v) is 2.10. The largest absolute Gasteiger partial charge is 0.298 e. The van der Waals surface area contributed by atoms with E-state index in [1.54, 1.807) is 0 Å². The molecule has 0 fully saturated rings. The molecule has 0 amide bonds. The first-order valence-electron chi connectivity index (χ1n) is 4.15. The fourth-order valence-electron chi connectivity index (χ4n) is 1.40. The summed E-state index contributed by atoms with van der Waals surface area (Å²) in [6.45, 7) is 0. The number of fused-ring (bicyclic) bond motifs is 1. The van der Waals surface area contributed by atoms with Gasteiger partial charge in [0.05, 0.1) is 0 Å². The highest BCUT2D eigenvalue weighted by Gasteiger charge is 2.08. The molecule has 0 saturated heterocycles. The van der Waals surface area contributed by atoms with Crippen molar-refractivity contribution in [1.29, 1.82) is 0 Å². The fourth-order valence-corrected chi connectivity index (χ4v) is 1.40. The van der Waals surface area contributed by atoms with E-state index < -0.39 is 17.5 Å². The first kappa shape index (κ1) is 9.71. The van der Waals surface area contributed by atoms with Gasteiger partial charge in [-0.1, -0.05) is 0 Å². The number of carbonyl (C=O) groups excluding carboxylic acids is 1. The Kier molecular flexibility index (Phi) is 2.19. The van der Waals surface area contributed by atoms with E-state index in [9.17, 15) is 18.0 Å². The monoisotopic (exact) mass is 210 g/mol. The molecule has 0 atom stereocenters. The van der Waals surface area contributed by atoms with Crippen molar-refractivity contribution < 1.29 is 18.0 Å². The highest BCUT2D eigenvalue weighted by Crippen LogP contribution is 2.22. The minimum atomic E-state index is -1.11. The Morgan fingerprint density at radius 1 is 0.867 bits per heavy atom. The average Bonchev–Trinajstić information content (AvgIpc) is 2.21. The third kappa shape index (κ3) is 1.58. The maximum Gasteiger partial charge on any atom is 0.159 e. The van der Waals surface area contributed by atoms with Crippen LogP contribution in [-0.2, 0) is 0 Å². The first-order valence-corrected chi connectivity index (χ1v) is 4.15. The van der Waals surface area contributed by atoms with E-state index in [1.165, 1.54) is 6.07 Å². The molecule has 0 aliphatic heterocycles. The van der Waals surface area contributed by atoms with Crippen molar-refractivity contribution in [3.63, 3.8) is 0 Å². The van der Waals surface area contributed by atoms with Crippen LogP contribution in [-0.4, -0.2) is 6.29 Å². The zero-order valence-corrected chi connectivity index (χ0v) is 7.43. The van der Waals surface area contributed by atoms with Crippen molar-refractivity contribution in [3.05, 3.63) is 47.3 Å². The van der Waals surface area contributed by atoms with Gasteiger partial charge in [-0.15, -0.1) is 0 Å². The van der Waals surface area contributed by atoms with Gasteiger partial charge < -0.3 is 0 Å². The lowest BCUT2D eigenvalue weighted by Crippen LogP contribution is -1.90. The topological polar surface area (TPSA) is 17.1 Å². The number of benzene rings is 2. The van der Waals surface area contributed by atoms with E-state index in [2.05, 4.69) is 0 Å². The molecule has 0 spiro atoms. The van der Waals surface area contributed by atoms with Gasteiger partial charge in [-0.05, 0) is 29.7 Å². The predicted molar refractivity (Wildman–Crippen MR) is 49.2 cm³/mol. The Morgan fingerprint density at radius 2 is 1.53 bits per heavy atom. The summed E-state index contributed by atoms with van der Waals surface area (Å²) in [7, 11) is 0. The Balaban J connectivity index is 2.85. The molecule has 4 heteroatoms. The maximum absolute atomic E-state index is 13.3. The van der Waals surface area contributed by atoms with Gasteiger partial charge in [0.25, 0.3) is 0 Å². The summed E-state index contributed by atoms with van der Waals surface area (Å²) in [6, 6.07) is 3.91. The van der Waals surface area contributed by atoms with Crippen LogP contribution >= 0.6 is 0 Å². The first-order chi connectivity index (χ1) is 7.11. The van der Waals surface area contributed by atoms with Gasteiger partial charge in [0.15, 0.2) is 11.6 Å². The lowest BCUT2D eigenvalue weighted by atomic mass is 10.1. The van der Waals surface area contributed by atoms with Crippen LogP contribution in [0.15, 0.2) is 24.3 Å². The second-order valence-corrected chi connectivity index (χ2v) is 3.11. The second-order valence-electron chi connectivity index (χ2n) is 3.11. The van der Waals surface area contributed by atoms with E-state index in [0.717, 1.165) is 18.2 Å². The molecule has 0 aromatic heterocycles. The van der Waals surface area contributed by atoms with E-state index in [-0.39, 0.29) is 16.3 Å². The van der Waals surface area contributed by atoms with E-state index in [1.807, 2.05) is 0 Å². The van der Waals surface area contributed by atoms with Gasteiger partial charge in [0, 0.05) is 10.9 Å². The molecule has 0 aliphatic rings. The number of halogens is 3. The summed E-state index contributed by atoms with van der Waals surface area (Å²) in [5.74, 6) is -2.92. The van der Waals surface area contributed by atoms with Crippen LogP contribution in [0.5, 0.6) is 0 Å². The molecule has 0 aliphatic carbocycles. The normalized spacial score (nSPS) is 10.6. The Morgan fingerprint density at radius 3 is 2.20 bits per heavy atom. The Bertz CT molecular complexity index is 549. The maximum atomic E-state index is 13.3. The van der Waals surface area contributed by atoms with Crippen molar-refractivity contribution in [3.8, 4) is 0 Å². The number of aldehydes is 1. The second kappa shape index (κ2) is 3.38. The number of hydrogen-bond acceptors (Lipinski definition) is 1. The van der Waals surface area contributed by atoms with Crippen LogP contribution in [0.1, 0.15) is 10.4 Å². The molecule has 0 heterocycles. The molecule has 0 saturated carbocycles. The molecular weight excluding hydrogens is 205 g/mol. The van der Waals surface area contributed by atoms with Gasteiger partial charge in [-0.2, -0.15) is 0 Å². The molecule has 76 valence electrons. The standard InChI is InChI=1S/C11H5F3O/c12-9-2-6(5-15)1-7-3-10(13)11(14)4-8(7)9/h1-5H. The molecule has 15 heavy (non-hydrogen) atoms. The third-order valence-electron chi connectivity index (χ3n) is 2.10. The summed E-state index contributed by atoms with van der Waals surface area (Å²) < 4.78 is 38.9. The molecule has 2 aromatic carbocycles. The number of rotatable bonds is 1. The van der Waals surface area contributed by atoms with Gasteiger partial charge in [-0.3, -0.25) is 4.79 Å². The molecule has 2 rings (SSSR count). The van der Waals surface area contributed by atoms with Gasteiger partial charge in [-0.25, -0.2) is 13.2 Å². The van der Waals surface area contributed by atoms with Gasteiger partial charge in [0.1, 0.15) is 12.1 Å². The van der Waals surface area contributed by atoms with Crippen LogP contribution in [0, 0.1) is 17.5 Å². The molecule has 2 aromatic rings. The van der Waals surface area contributed by atoms with Crippen molar-refractivity contribution in [2.75, 3.05) is 0 Å². The summed E-state index contributed by atoms with van der Waals surface area (Å²) in [6.07, 6.45) is 0.448. The Hall–Kier alpha value is -1.84. The average molecular weight is 210 g/mol. The van der Waals surface area contributed by atoms with E-state index >= 15 is 0 Å². The molecule has 1 nitrogen and oxygen atoms in total.